The molecule has 126 valence electrons. The first kappa shape index (κ1) is 15.4. The second-order valence-electron chi connectivity index (χ2n) is 7.12. The number of aromatic nitrogens is 4. The van der Waals surface area contributed by atoms with Crippen LogP contribution in [0.25, 0.3) is 28.4 Å². The van der Waals surface area contributed by atoms with Gasteiger partial charge in [0.2, 0.25) is 0 Å². The van der Waals surface area contributed by atoms with E-state index in [1.807, 2.05) is 53.0 Å². The topological polar surface area (TPSA) is 58.0 Å². The Balaban J connectivity index is 1.89. The molecule has 0 saturated carbocycles. The van der Waals surface area contributed by atoms with Crippen LogP contribution in [-0.2, 0) is 0 Å². The maximum absolute atomic E-state index is 4.77. The van der Waals surface area contributed by atoms with Crippen LogP contribution in [0.15, 0.2) is 60.7 Å². The lowest BCUT2D eigenvalue weighted by molar-refractivity contribution is 0.627. The molecule has 0 aliphatic heterocycles. The number of anilines is 1. The van der Waals surface area contributed by atoms with Gasteiger partial charge in [-0.05, 0) is 20.8 Å². The minimum absolute atomic E-state index is 0.0997. The Kier molecular flexibility index (Phi) is 3.57. The Labute approximate surface area is 146 Å². The van der Waals surface area contributed by atoms with Crippen LogP contribution in [0.4, 0.5) is 5.82 Å². The number of nitrogens with one attached hydrogen (secondary N) is 2. The van der Waals surface area contributed by atoms with E-state index < -0.39 is 0 Å². The first-order valence-electron chi connectivity index (χ1n) is 8.39. The number of benzene rings is 2. The molecule has 0 aliphatic carbocycles. The molecule has 0 spiro atoms. The Morgan fingerprint density at radius 2 is 1.44 bits per heavy atom. The molecule has 2 heterocycles. The number of hydrogen-bond donors (Lipinski definition) is 2. The summed E-state index contributed by atoms with van der Waals surface area (Å²) in [5.41, 5.74) is 2.90. The summed E-state index contributed by atoms with van der Waals surface area (Å²) in [5, 5.41) is 6.94. The number of aromatic amines is 1. The van der Waals surface area contributed by atoms with Gasteiger partial charge in [0.05, 0.1) is 0 Å². The zero-order valence-electron chi connectivity index (χ0n) is 14.6. The maximum atomic E-state index is 4.77. The average Bonchev–Trinajstić information content (AvgIpc) is 3.15. The van der Waals surface area contributed by atoms with Gasteiger partial charge in [-0.25, -0.2) is 9.50 Å². The number of H-pyrrole nitrogens is 1. The summed E-state index contributed by atoms with van der Waals surface area (Å²) >= 11 is 0. The molecular weight excluding hydrogens is 310 g/mol. The third-order valence-corrected chi connectivity index (χ3v) is 3.88. The van der Waals surface area contributed by atoms with Gasteiger partial charge in [-0.15, -0.1) is 0 Å². The van der Waals surface area contributed by atoms with Gasteiger partial charge >= 0.3 is 0 Å². The van der Waals surface area contributed by atoms with Crippen LogP contribution in [0, 0.1) is 0 Å². The molecule has 2 aromatic heterocycles. The Hall–Kier alpha value is -3.08. The molecule has 25 heavy (non-hydrogen) atoms. The standard InChI is InChI=1S/C20H21N5/c1-20(2,3)23-18-16(14-10-6-4-7-11-14)21-19-22-17(24-25(18)19)15-12-8-5-9-13-15/h4-13,23H,1-3H3,(H,21,22,24). The summed E-state index contributed by atoms with van der Waals surface area (Å²) < 4.78 is 1.93. The van der Waals surface area contributed by atoms with Crippen LogP contribution < -0.4 is 5.32 Å². The largest absolute Gasteiger partial charge is 0.364 e. The molecule has 0 radical (unpaired) electrons. The molecule has 0 bridgehead atoms. The molecular formula is C20H21N5. The summed E-state index contributed by atoms with van der Waals surface area (Å²) in [5.74, 6) is 2.38. The SMILES string of the molecule is CC(C)(C)Nc1c(-c2ccccc2)nc2nc(-c3ccccc3)[nH]n12. The van der Waals surface area contributed by atoms with E-state index in [0.29, 0.717) is 5.78 Å². The number of nitrogens with zero attached hydrogens (tertiary/aromatic N) is 3. The summed E-state index contributed by atoms with van der Waals surface area (Å²) in [6.45, 7) is 6.40. The quantitative estimate of drug-likeness (QED) is 0.577. The summed E-state index contributed by atoms with van der Waals surface area (Å²) in [4.78, 5) is 9.45. The van der Waals surface area contributed by atoms with E-state index >= 15 is 0 Å². The average molecular weight is 331 g/mol. The van der Waals surface area contributed by atoms with Crippen molar-refractivity contribution in [3.05, 3.63) is 60.7 Å². The first-order chi connectivity index (χ1) is 12.0. The van der Waals surface area contributed by atoms with Gasteiger partial charge in [-0.1, -0.05) is 60.7 Å². The van der Waals surface area contributed by atoms with E-state index in [4.69, 9.17) is 4.98 Å². The zero-order chi connectivity index (χ0) is 17.4. The van der Waals surface area contributed by atoms with Crippen molar-refractivity contribution in [1.29, 1.82) is 0 Å². The van der Waals surface area contributed by atoms with Crippen molar-refractivity contribution in [1.82, 2.24) is 19.6 Å². The highest BCUT2D eigenvalue weighted by atomic mass is 15.4. The van der Waals surface area contributed by atoms with Crippen molar-refractivity contribution in [3.63, 3.8) is 0 Å². The maximum Gasteiger partial charge on any atom is 0.253 e. The first-order valence-corrected chi connectivity index (χ1v) is 8.39. The van der Waals surface area contributed by atoms with Crippen molar-refractivity contribution < 1.29 is 0 Å². The predicted octanol–water partition coefficient (Wildman–Crippen LogP) is 4.60. The van der Waals surface area contributed by atoms with Gasteiger partial charge in [0.15, 0.2) is 11.6 Å². The van der Waals surface area contributed by atoms with Gasteiger partial charge in [0.25, 0.3) is 5.78 Å². The fourth-order valence-corrected chi connectivity index (χ4v) is 2.81. The van der Waals surface area contributed by atoms with Crippen molar-refractivity contribution in [3.8, 4) is 22.6 Å². The van der Waals surface area contributed by atoms with Gasteiger partial charge in [0, 0.05) is 16.7 Å². The van der Waals surface area contributed by atoms with E-state index in [1.165, 1.54) is 0 Å². The molecule has 5 nitrogen and oxygen atoms in total. The van der Waals surface area contributed by atoms with Gasteiger partial charge in [-0.3, -0.25) is 5.10 Å². The lowest BCUT2D eigenvalue weighted by atomic mass is 10.1. The van der Waals surface area contributed by atoms with Gasteiger partial charge < -0.3 is 5.32 Å². The van der Waals surface area contributed by atoms with E-state index in [2.05, 4.69) is 48.3 Å². The van der Waals surface area contributed by atoms with Crippen LogP contribution in [0.2, 0.25) is 0 Å². The molecule has 0 aliphatic rings. The van der Waals surface area contributed by atoms with Gasteiger partial charge in [0.1, 0.15) is 5.69 Å². The van der Waals surface area contributed by atoms with E-state index in [-0.39, 0.29) is 5.54 Å². The van der Waals surface area contributed by atoms with Crippen molar-refractivity contribution >= 4 is 11.6 Å². The molecule has 2 aromatic carbocycles. The second-order valence-corrected chi connectivity index (χ2v) is 7.12. The van der Waals surface area contributed by atoms with Crippen LogP contribution >= 0.6 is 0 Å². The third kappa shape index (κ3) is 3.01. The monoisotopic (exact) mass is 331 g/mol. The molecule has 0 saturated heterocycles. The zero-order valence-corrected chi connectivity index (χ0v) is 14.6. The number of hydrogen-bond acceptors (Lipinski definition) is 3. The molecule has 2 N–H and O–H groups in total. The van der Waals surface area contributed by atoms with Crippen molar-refractivity contribution in [2.24, 2.45) is 0 Å². The van der Waals surface area contributed by atoms with E-state index in [9.17, 15) is 0 Å². The normalized spacial score (nSPS) is 11.8. The lowest BCUT2D eigenvalue weighted by Gasteiger charge is -2.22. The lowest BCUT2D eigenvalue weighted by Crippen LogP contribution is -2.27. The molecule has 0 amide bonds. The Bertz CT molecular complexity index is 991. The molecule has 4 rings (SSSR count). The highest BCUT2D eigenvalue weighted by molar-refractivity contribution is 5.76. The number of rotatable bonds is 3. The molecule has 5 heteroatoms. The minimum Gasteiger partial charge on any atom is -0.364 e. The highest BCUT2D eigenvalue weighted by Crippen LogP contribution is 2.31. The Morgan fingerprint density at radius 1 is 0.840 bits per heavy atom. The summed E-state index contributed by atoms with van der Waals surface area (Å²) in [6, 6.07) is 20.3. The van der Waals surface area contributed by atoms with Crippen molar-refractivity contribution in [2.75, 3.05) is 5.32 Å². The van der Waals surface area contributed by atoms with Crippen molar-refractivity contribution in [2.45, 2.75) is 26.3 Å². The summed E-state index contributed by atoms with van der Waals surface area (Å²) in [6.07, 6.45) is 0. The number of fused-ring (bicyclic) bond motifs is 1. The predicted molar refractivity (Wildman–Crippen MR) is 102 cm³/mol. The molecule has 0 fully saturated rings. The summed E-state index contributed by atoms with van der Waals surface area (Å²) in [7, 11) is 0. The fourth-order valence-electron chi connectivity index (χ4n) is 2.81. The second kappa shape index (κ2) is 5.77. The van der Waals surface area contributed by atoms with Crippen LogP contribution in [0.5, 0.6) is 0 Å². The third-order valence-electron chi connectivity index (χ3n) is 3.88. The van der Waals surface area contributed by atoms with Crippen LogP contribution in [-0.4, -0.2) is 25.1 Å². The van der Waals surface area contributed by atoms with E-state index in [1.54, 1.807) is 0 Å². The van der Waals surface area contributed by atoms with Crippen LogP contribution in [0.1, 0.15) is 20.8 Å². The Morgan fingerprint density at radius 3 is 2.04 bits per heavy atom. The van der Waals surface area contributed by atoms with E-state index in [0.717, 1.165) is 28.5 Å². The fraction of sp³-hybridized carbons (Fsp3) is 0.200. The highest BCUT2D eigenvalue weighted by Gasteiger charge is 2.21. The molecule has 0 atom stereocenters. The van der Waals surface area contributed by atoms with Gasteiger partial charge in [-0.2, -0.15) is 4.98 Å². The number of imidazole rings is 1. The molecule has 4 aromatic rings. The van der Waals surface area contributed by atoms with Crippen LogP contribution in [0.3, 0.4) is 0 Å². The minimum atomic E-state index is -0.0997. The molecule has 0 unspecified atom stereocenters. The smallest absolute Gasteiger partial charge is 0.253 e.